The molecule has 0 spiro atoms. The molecule has 2 aliphatic rings. The van der Waals surface area contributed by atoms with Gasteiger partial charge in [-0.25, -0.2) is 9.48 Å². The molecule has 1 aliphatic heterocycles. The van der Waals surface area contributed by atoms with Crippen LogP contribution in [0.15, 0.2) is 29.1 Å². The maximum Gasteiger partial charge on any atom is 0.345 e. The van der Waals surface area contributed by atoms with Gasteiger partial charge in [-0.15, -0.1) is 0 Å². The first kappa shape index (κ1) is 18.8. The minimum atomic E-state index is -0.0142. The van der Waals surface area contributed by atoms with Gasteiger partial charge in [0.05, 0.1) is 6.10 Å². The number of aryl methyl sites for hydroxylation is 1. The Morgan fingerprint density at radius 3 is 2.32 bits per heavy atom. The average Bonchev–Trinajstić information content (AvgIpc) is 3.47. The Labute approximate surface area is 164 Å². The minimum absolute atomic E-state index is 0.0142. The van der Waals surface area contributed by atoms with E-state index in [1.54, 1.807) is 7.05 Å². The summed E-state index contributed by atoms with van der Waals surface area (Å²) in [5.74, 6) is 1.96. The molecule has 7 heteroatoms. The van der Waals surface area contributed by atoms with Crippen LogP contribution in [-0.4, -0.2) is 44.3 Å². The van der Waals surface area contributed by atoms with Crippen molar-refractivity contribution in [3.63, 3.8) is 0 Å². The van der Waals surface area contributed by atoms with Gasteiger partial charge in [-0.3, -0.25) is 9.36 Å². The summed E-state index contributed by atoms with van der Waals surface area (Å²) in [6, 6.07) is 7.68. The Morgan fingerprint density at radius 2 is 1.75 bits per heavy atom. The van der Waals surface area contributed by atoms with E-state index < -0.39 is 0 Å². The van der Waals surface area contributed by atoms with E-state index in [1.165, 1.54) is 4.68 Å². The second kappa shape index (κ2) is 7.45. The van der Waals surface area contributed by atoms with Gasteiger partial charge in [0.25, 0.3) is 5.91 Å². The Morgan fingerprint density at radius 1 is 1.11 bits per heavy atom. The first-order chi connectivity index (χ1) is 13.4. The van der Waals surface area contributed by atoms with E-state index in [0.717, 1.165) is 37.3 Å². The zero-order valence-corrected chi connectivity index (χ0v) is 16.8. The van der Waals surface area contributed by atoms with Gasteiger partial charge in [-0.1, -0.05) is 0 Å². The quantitative estimate of drug-likeness (QED) is 0.795. The fourth-order valence-corrected chi connectivity index (χ4v) is 3.92. The van der Waals surface area contributed by atoms with Gasteiger partial charge < -0.3 is 9.64 Å². The van der Waals surface area contributed by atoms with Crippen LogP contribution < -0.4 is 10.4 Å². The lowest BCUT2D eigenvalue weighted by molar-refractivity contribution is 0.0710. The molecule has 0 atom stereocenters. The van der Waals surface area contributed by atoms with Crippen LogP contribution in [0.3, 0.4) is 0 Å². The summed E-state index contributed by atoms with van der Waals surface area (Å²) in [6.45, 7) is 5.33. The van der Waals surface area contributed by atoms with Crippen LogP contribution >= 0.6 is 0 Å². The normalized spacial score (nSPS) is 17.9. The number of aromatic nitrogens is 3. The van der Waals surface area contributed by atoms with E-state index in [9.17, 15) is 9.59 Å². The molecule has 150 valence electrons. The smallest absolute Gasteiger partial charge is 0.345 e. The Bertz CT molecular complexity index is 901. The van der Waals surface area contributed by atoms with Crippen molar-refractivity contribution in [2.45, 2.75) is 57.6 Å². The number of benzene rings is 1. The summed E-state index contributed by atoms with van der Waals surface area (Å²) in [5.41, 5.74) is 0.669. The summed E-state index contributed by atoms with van der Waals surface area (Å²) in [6.07, 6.45) is 3.91. The van der Waals surface area contributed by atoms with Gasteiger partial charge in [0.15, 0.2) is 0 Å². The molecule has 1 saturated carbocycles. The predicted octanol–water partition coefficient (Wildman–Crippen LogP) is 2.72. The molecule has 0 radical (unpaired) electrons. The van der Waals surface area contributed by atoms with Gasteiger partial charge >= 0.3 is 5.69 Å². The molecule has 1 aromatic heterocycles. The summed E-state index contributed by atoms with van der Waals surface area (Å²) in [5, 5.41) is 4.51. The minimum Gasteiger partial charge on any atom is -0.491 e. The van der Waals surface area contributed by atoms with Crippen molar-refractivity contribution in [2.75, 3.05) is 13.1 Å². The van der Waals surface area contributed by atoms with Crippen molar-refractivity contribution in [3.8, 4) is 5.75 Å². The highest BCUT2D eigenvalue weighted by atomic mass is 16.5. The molecule has 0 bridgehead atoms. The second-order valence-electron chi connectivity index (χ2n) is 8.12. The molecule has 4 rings (SSSR count). The van der Waals surface area contributed by atoms with Crippen molar-refractivity contribution in [3.05, 3.63) is 46.1 Å². The number of carbonyl (C=O) groups is 1. The van der Waals surface area contributed by atoms with Crippen molar-refractivity contribution >= 4 is 5.91 Å². The lowest BCUT2D eigenvalue weighted by Gasteiger charge is -2.31. The van der Waals surface area contributed by atoms with Crippen LogP contribution in [-0.2, 0) is 7.05 Å². The Balaban J connectivity index is 1.41. The standard InChI is InChI=1S/C21H28N4O3/c1-14(2)28-18-8-4-16(5-9-18)20(26)24-12-10-15(11-13-24)19-22-23(3)21(27)25(19)17-6-7-17/h4-5,8-9,14-15,17H,6-7,10-13H2,1-3H3. The molecule has 2 heterocycles. The fraction of sp³-hybridized carbons (Fsp3) is 0.571. The van der Waals surface area contributed by atoms with Crippen molar-refractivity contribution in [2.24, 2.45) is 7.05 Å². The summed E-state index contributed by atoms with van der Waals surface area (Å²) >= 11 is 0. The van der Waals surface area contributed by atoms with Gasteiger partial charge in [0.1, 0.15) is 11.6 Å². The maximum absolute atomic E-state index is 12.8. The number of ether oxygens (including phenoxy) is 1. The Kier molecular flexibility index (Phi) is 5.00. The molecule has 0 N–H and O–H groups in total. The van der Waals surface area contributed by atoms with Gasteiger partial charge in [-0.2, -0.15) is 5.10 Å². The van der Waals surface area contributed by atoms with E-state index in [-0.39, 0.29) is 23.6 Å². The van der Waals surface area contributed by atoms with Crippen LogP contribution in [0.4, 0.5) is 0 Å². The molecule has 28 heavy (non-hydrogen) atoms. The third kappa shape index (κ3) is 3.70. The summed E-state index contributed by atoms with van der Waals surface area (Å²) in [7, 11) is 1.72. The van der Waals surface area contributed by atoms with Crippen molar-refractivity contribution in [1.82, 2.24) is 19.2 Å². The first-order valence-corrected chi connectivity index (χ1v) is 10.2. The molecular weight excluding hydrogens is 356 g/mol. The third-order valence-electron chi connectivity index (χ3n) is 5.51. The first-order valence-electron chi connectivity index (χ1n) is 10.2. The van der Waals surface area contributed by atoms with Crippen LogP contribution in [0, 0.1) is 0 Å². The molecule has 0 unspecified atom stereocenters. The lowest BCUT2D eigenvalue weighted by atomic mass is 9.95. The SMILES string of the molecule is CC(C)Oc1ccc(C(=O)N2CCC(c3nn(C)c(=O)n3C3CC3)CC2)cc1. The van der Waals surface area contributed by atoms with Crippen LogP contribution in [0.2, 0.25) is 0 Å². The van der Waals surface area contributed by atoms with Crippen molar-refractivity contribution < 1.29 is 9.53 Å². The van der Waals surface area contributed by atoms with Gasteiger partial charge in [0.2, 0.25) is 0 Å². The zero-order valence-electron chi connectivity index (χ0n) is 16.8. The number of nitrogens with zero attached hydrogens (tertiary/aromatic N) is 4. The number of hydrogen-bond acceptors (Lipinski definition) is 4. The summed E-state index contributed by atoms with van der Waals surface area (Å²) in [4.78, 5) is 27.1. The second-order valence-corrected chi connectivity index (χ2v) is 8.12. The largest absolute Gasteiger partial charge is 0.491 e. The molecule has 1 amide bonds. The number of likely N-dealkylation sites (tertiary alicyclic amines) is 1. The van der Waals surface area contributed by atoms with Gasteiger partial charge in [0, 0.05) is 37.7 Å². The van der Waals surface area contributed by atoms with Crippen molar-refractivity contribution in [1.29, 1.82) is 0 Å². The van der Waals surface area contributed by atoms with Crippen LogP contribution in [0.1, 0.15) is 67.7 Å². The summed E-state index contributed by atoms with van der Waals surface area (Å²) < 4.78 is 8.98. The number of rotatable bonds is 5. The Hall–Kier alpha value is -2.57. The van der Waals surface area contributed by atoms with E-state index in [0.29, 0.717) is 24.7 Å². The van der Waals surface area contributed by atoms with E-state index in [1.807, 2.05) is 47.6 Å². The van der Waals surface area contributed by atoms with E-state index in [4.69, 9.17) is 4.74 Å². The molecule has 7 nitrogen and oxygen atoms in total. The number of piperidine rings is 1. The topological polar surface area (TPSA) is 69.4 Å². The third-order valence-corrected chi connectivity index (χ3v) is 5.51. The average molecular weight is 384 g/mol. The molecular formula is C21H28N4O3. The fourth-order valence-electron chi connectivity index (χ4n) is 3.92. The number of amides is 1. The van der Waals surface area contributed by atoms with Crippen LogP contribution in [0.5, 0.6) is 5.75 Å². The molecule has 1 saturated heterocycles. The molecule has 1 aliphatic carbocycles. The van der Waals surface area contributed by atoms with E-state index >= 15 is 0 Å². The lowest BCUT2D eigenvalue weighted by Crippen LogP contribution is -2.38. The zero-order chi connectivity index (χ0) is 19.8. The number of hydrogen-bond donors (Lipinski definition) is 0. The molecule has 1 aromatic carbocycles. The van der Waals surface area contributed by atoms with E-state index in [2.05, 4.69) is 5.10 Å². The van der Waals surface area contributed by atoms with Gasteiger partial charge in [-0.05, 0) is 63.8 Å². The molecule has 2 aromatic rings. The molecule has 2 fully saturated rings. The predicted molar refractivity (Wildman–Crippen MR) is 106 cm³/mol. The highest BCUT2D eigenvalue weighted by molar-refractivity contribution is 5.94. The monoisotopic (exact) mass is 384 g/mol. The highest BCUT2D eigenvalue weighted by Gasteiger charge is 2.34. The number of carbonyl (C=O) groups excluding carboxylic acids is 1. The van der Waals surface area contributed by atoms with Crippen LogP contribution in [0.25, 0.3) is 0 Å². The highest BCUT2D eigenvalue weighted by Crippen LogP contribution is 2.37. The maximum atomic E-state index is 12.8.